The summed E-state index contributed by atoms with van der Waals surface area (Å²) in [6.07, 6.45) is 2.73. The van der Waals surface area contributed by atoms with Crippen molar-refractivity contribution in [3.63, 3.8) is 0 Å². The average Bonchev–Trinajstić information content (AvgIpc) is 2.23. The zero-order valence-electron chi connectivity index (χ0n) is 9.59. The van der Waals surface area contributed by atoms with Crippen molar-refractivity contribution in [1.29, 1.82) is 0 Å². The maximum Gasteiger partial charge on any atom is 0.126 e. The Morgan fingerprint density at radius 2 is 1.93 bits per heavy atom. The van der Waals surface area contributed by atoms with Crippen LogP contribution < -0.4 is 5.73 Å². The van der Waals surface area contributed by atoms with Gasteiger partial charge in [0.2, 0.25) is 0 Å². The molecule has 0 radical (unpaired) electrons. The van der Waals surface area contributed by atoms with Crippen molar-refractivity contribution in [3.8, 4) is 0 Å². The monoisotopic (exact) mass is 209 g/mol. The zero-order chi connectivity index (χ0) is 11.3. The first-order chi connectivity index (χ1) is 7.22. The van der Waals surface area contributed by atoms with Gasteiger partial charge in [-0.25, -0.2) is 4.39 Å². The number of halogens is 1. The lowest BCUT2D eigenvalue weighted by atomic mass is 9.92. The molecule has 0 unspecified atom stereocenters. The molecule has 1 aromatic carbocycles. The summed E-state index contributed by atoms with van der Waals surface area (Å²) < 4.78 is 13.8. The Balaban J connectivity index is 2.91. The minimum atomic E-state index is -0.0744. The van der Waals surface area contributed by atoms with Crippen molar-refractivity contribution in [2.75, 3.05) is 6.54 Å². The van der Waals surface area contributed by atoms with Crippen LogP contribution in [-0.4, -0.2) is 6.54 Å². The summed E-state index contributed by atoms with van der Waals surface area (Å²) in [5.74, 6) is 0.270. The Morgan fingerprint density at radius 3 is 2.40 bits per heavy atom. The molecule has 0 fully saturated rings. The standard InChI is InChI=1S/C13H20FN/c1-3-11(4-2)12-6-5-10(7-8-15)9-13(12)14/h5-6,9,11H,3-4,7-8,15H2,1-2H3. The van der Waals surface area contributed by atoms with Crippen LogP contribution in [0.5, 0.6) is 0 Å². The van der Waals surface area contributed by atoms with E-state index in [1.165, 1.54) is 0 Å². The van der Waals surface area contributed by atoms with Crippen molar-refractivity contribution in [2.45, 2.75) is 39.0 Å². The predicted molar refractivity (Wildman–Crippen MR) is 62.5 cm³/mol. The van der Waals surface area contributed by atoms with Gasteiger partial charge in [0.1, 0.15) is 5.82 Å². The van der Waals surface area contributed by atoms with E-state index in [2.05, 4.69) is 13.8 Å². The third-order valence-electron chi connectivity index (χ3n) is 2.92. The molecule has 15 heavy (non-hydrogen) atoms. The molecule has 0 spiro atoms. The van der Waals surface area contributed by atoms with Gasteiger partial charge in [-0.2, -0.15) is 0 Å². The van der Waals surface area contributed by atoms with Gasteiger partial charge in [-0.05, 0) is 48.9 Å². The van der Waals surface area contributed by atoms with E-state index in [-0.39, 0.29) is 5.82 Å². The molecule has 2 N–H and O–H groups in total. The lowest BCUT2D eigenvalue weighted by Gasteiger charge is -2.14. The molecule has 0 aromatic heterocycles. The lowest BCUT2D eigenvalue weighted by Crippen LogP contribution is -2.05. The van der Waals surface area contributed by atoms with Crippen LogP contribution in [0.2, 0.25) is 0 Å². The second kappa shape index (κ2) is 5.86. The summed E-state index contributed by atoms with van der Waals surface area (Å²) in [7, 11) is 0. The maximum absolute atomic E-state index is 13.8. The molecule has 0 heterocycles. The fraction of sp³-hybridized carbons (Fsp3) is 0.538. The molecule has 0 amide bonds. The predicted octanol–water partition coefficient (Wildman–Crippen LogP) is 3.23. The van der Waals surface area contributed by atoms with Crippen LogP contribution in [0.4, 0.5) is 4.39 Å². The summed E-state index contributed by atoms with van der Waals surface area (Å²) in [5.41, 5.74) is 7.28. The minimum absolute atomic E-state index is 0.0744. The summed E-state index contributed by atoms with van der Waals surface area (Å²) in [4.78, 5) is 0. The van der Waals surface area contributed by atoms with E-state index in [0.717, 1.165) is 30.4 Å². The molecule has 0 aliphatic carbocycles. The van der Waals surface area contributed by atoms with Crippen molar-refractivity contribution in [3.05, 3.63) is 35.1 Å². The maximum atomic E-state index is 13.8. The fourth-order valence-electron chi connectivity index (χ4n) is 1.95. The van der Waals surface area contributed by atoms with Crippen LogP contribution in [0, 0.1) is 5.82 Å². The van der Waals surface area contributed by atoms with Crippen LogP contribution in [0.25, 0.3) is 0 Å². The van der Waals surface area contributed by atoms with E-state index in [0.29, 0.717) is 12.5 Å². The Hall–Kier alpha value is -0.890. The Labute approximate surface area is 91.5 Å². The number of rotatable bonds is 5. The molecule has 2 heteroatoms. The number of hydrogen-bond acceptors (Lipinski definition) is 1. The Kier molecular flexibility index (Phi) is 4.76. The van der Waals surface area contributed by atoms with Gasteiger partial charge in [-0.15, -0.1) is 0 Å². The smallest absolute Gasteiger partial charge is 0.126 e. The molecular weight excluding hydrogens is 189 g/mol. The second-order valence-electron chi connectivity index (χ2n) is 3.91. The van der Waals surface area contributed by atoms with E-state index < -0.39 is 0 Å². The molecule has 1 nitrogen and oxygen atoms in total. The average molecular weight is 209 g/mol. The summed E-state index contributed by atoms with van der Waals surface area (Å²) in [6.45, 7) is 4.77. The molecule has 84 valence electrons. The number of benzene rings is 1. The van der Waals surface area contributed by atoms with Crippen LogP contribution >= 0.6 is 0 Å². The van der Waals surface area contributed by atoms with E-state index in [4.69, 9.17) is 5.73 Å². The molecule has 1 rings (SSSR count). The van der Waals surface area contributed by atoms with Gasteiger partial charge in [0.25, 0.3) is 0 Å². The minimum Gasteiger partial charge on any atom is -0.330 e. The third-order valence-corrected chi connectivity index (χ3v) is 2.92. The largest absolute Gasteiger partial charge is 0.330 e. The summed E-state index contributed by atoms with van der Waals surface area (Å²) in [5, 5.41) is 0. The molecule has 0 saturated carbocycles. The van der Waals surface area contributed by atoms with Crippen LogP contribution in [0.3, 0.4) is 0 Å². The van der Waals surface area contributed by atoms with Crippen LogP contribution in [0.15, 0.2) is 18.2 Å². The third kappa shape index (κ3) is 3.03. The van der Waals surface area contributed by atoms with Gasteiger partial charge in [0.05, 0.1) is 0 Å². The molecule has 1 aromatic rings. The molecule has 0 atom stereocenters. The van der Waals surface area contributed by atoms with E-state index in [9.17, 15) is 4.39 Å². The quantitative estimate of drug-likeness (QED) is 0.791. The molecule has 0 saturated heterocycles. The van der Waals surface area contributed by atoms with Crippen LogP contribution in [-0.2, 0) is 6.42 Å². The highest BCUT2D eigenvalue weighted by atomic mass is 19.1. The molecule has 0 aliphatic heterocycles. The van der Waals surface area contributed by atoms with E-state index in [1.54, 1.807) is 6.07 Å². The fourth-order valence-corrected chi connectivity index (χ4v) is 1.95. The van der Waals surface area contributed by atoms with Gasteiger partial charge < -0.3 is 5.73 Å². The second-order valence-corrected chi connectivity index (χ2v) is 3.91. The van der Waals surface area contributed by atoms with Crippen molar-refractivity contribution < 1.29 is 4.39 Å². The first-order valence-electron chi connectivity index (χ1n) is 5.71. The van der Waals surface area contributed by atoms with Crippen LogP contribution in [0.1, 0.15) is 43.7 Å². The zero-order valence-corrected chi connectivity index (χ0v) is 9.59. The molecule has 0 bridgehead atoms. The SMILES string of the molecule is CCC(CC)c1ccc(CCN)cc1F. The van der Waals surface area contributed by atoms with Crippen molar-refractivity contribution in [2.24, 2.45) is 5.73 Å². The van der Waals surface area contributed by atoms with Gasteiger partial charge in [0.15, 0.2) is 0 Å². The molecular formula is C13H20FN. The number of nitrogens with two attached hydrogens (primary N) is 1. The Bertz CT molecular complexity index is 305. The van der Waals surface area contributed by atoms with E-state index in [1.807, 2.05) is 12.1 Å². The van der Waals surface area contributed by atoms with Gasteiger partial charge in [-0.1, -0.05) is 26.0 Å². The van der Waals surface area contributed by atoms with Gasteiger partial charge in [0, 0.05) is 0 Å². The summed E-state index contributed by atoms with van der Waals surface area (Å²) >= 11 is 0. The first-order valence-corrected chi connectivity index (χ1v) is 5.71. The topological polar surface area (TPSA) is 26.0 Å². The highest BCUT2D eigenvalue weighted by molar-refractivity contribution is 5.27. The molecule has 0 aliphatic rings. The Morgan fingerprint density at radius 1 is 1.27 bits per heavy atom. The highest BCUT2D eigenvalue weighted by Gasteiger charge is 2.12. The van der Waals surface area contributed by atoms with Crippen molar-refractivity contribution >= 4 is 0 Å². The lowest BCUT2D eigenvalue weighted by molar-refractivity contribution is 0.556. The first kappa shape index (κ1) is 12.2. The summed E-state index contributed by atoms with van der Waals surface area (Å²) in [6, 6.07) is 5.53. The number of hydrogen-bond donors (Lipinski definition) is 1. The van der Waals surface area contributed by atoms with Gasteiger partial charge >= 0.3 is 0 Å². The van der Waals surface area contributed by atoms with Crippen molar-refractivity contribution in [1.82, 2.24) is 0 Å². The van der Waals surface area contributed by atoms with E-state index >= 15 is 0 Å². The normalized spacial score (nSPS) is 11.0. The van der Waals surface area contributed by atoms with Gasteiger partial charge in [-0.3, -0.25) is 0 Å². The highest BCUT2D eigenvalue weighted by Crippen LogP contribution is 2.26.